The van der Waals surface area contributed by atoms with Crippen molar-refractivity contribution in [3.05, 3.63) is 144 Å². The molecule has 0 radical (unpaired) electrons. The molecule has 0 aliphatic carbocycles. The largest absolute Gasteiger partial charge is 0.444 e. The Hall–Kier alpha value is -7.04. The summed E-state index contributed by atoms with van der Waals surface area (Å²) in [7, 11) is 0. The predicted octanol–water partition coefficient (Wildman–Crippen LogP) is 14.5. The normalized spacial score (nSPS) is 18.8. The fourth-order valence-corrected chi connectivity index (χ4v) is 8.89. The molecule has 16 nitrogen and oxygen atoms in total. The summed E-state index contributed by atoms with van der Waals surface area (Å²) in [5, 5.41) is 5.37. The smallest absolute Gasteiger partial charge is 0.413 e. The van der Waals surface area contributed by atoms with Crippen molar-refractivity contribution < 1.29 is 57.2 Å². The summed E-state index contributed by atoms with van der Waals surface area (Å²) in [6.45, 7) is 29.0. The van der Waals surface area contributed by atoms with Crippen molar-refractivity contribution >= 4 is 47.3 Å². The second-order valence-electron chi connectivity index (χ2n) is 24.5. The molecule has 0 spiro atoms. The summed E-state index contributed by atoms with van der Waals surface area (Å²) < 4.78 is 34.7. The molecule has 4 aromatic rings. The van der Waals surface area contributed by atoms with Crippen LogP contribution in [0, 0.1) is 0 Å². The lowest BCUT2D eigenvalue weighted by Crippen LogP contribution is -2.50. The number of carbonyl (C=O) groups is 6. The minimum absolute atomic E-state index is 0. The number of nitrogens with zero attached hydrogens (tertiary/aromatic N) is 2. The van der Waals surface area contributed by atoms with Crippen molar-refractivity contribution in [3.63, 3.8) is 0 Å². The molecule has 2 fully saturated rings. The predicted molar refractivity (Wildman–Crippen MR) is 308 cm³/mol. The van der Waals surface area contributed by atoms with E-state index in [0.717, 1.165) is 22.3 Å². The van der Waals surface area contributed by atoms with E-state index in [1.807, 2.05) is 142 Å². The average molecular weight is 1090 g/mol. The van der Waals surface area contributed by atoms with E-state index < -0.39 is 70.4 Å². The van der Waals surface area contributed by atoms with E-state index in [4.69, 9.17) is 28.4 Å². The number of ketones is 2. The van der Waals surface area contributed by atoms with E-state index >= 15 is 0 Å². The SMILES string of the molecule is C.CC(C)(C)OC(=O)Nc1ccc(CC(=O)/C=C/[C@@H]2[C@@H](c3ccccc3)OC(C)(C)N2C(=O)OC(C)(C)C)cc1.CC(C)(C)OC(=O)Nc1ccc(CC(=O)CC[C@@H]2[C@@H](c3ccccc3)OC(C)(C)N2C(=O)OC(C)(C)C)cc1. The van der Waals surface area contributed by atoms with Gasteiger partial charge in [-0.2, -0.15) is 0 Å². The van der Waals surface area contributed by atoms with Crippen LogP contribution in [0.3, 0.4) is 0 Å². The van der Waals surface area contributed by atoms with Crippen molar-refractivity contribution in [1.82, 2.24) is 9.80 Å². The Bertz CT molecular complexity index is 2710. The standard InChI is InChI=1S/C31H42N2O6.C31H40N2O6.CH4/c2*1-29(2,3)38-27(35)32-23-16-14-21(15-17-23)20-24(34)18-19-25-26(22-12-10-9-11-13-22)37-31(7,8)33(25)28(36)39-30(4,5)6;/h9-17,25-26H,18-20H2,1-8H3,(H,32,35);9-19,25-26H,20H2,1-8H3,(H,32,35);1H4/b;19-18+;/t2*25-,26-;/m11./s1. The molecule has 4 atom stereocenters. The second kappa shape index (κ2) is 26.3. The van der Waals surface area contributed by atoms with Crippen LogP contribution in [0.25, 0.3) is 0 Å². The maximum absolute atomic E-state index is 13.3. The van der Waals surface area contributed by atoms with E-state index in [1.54, 1.807) is 93.8 Å². The van der Waals surface area contributed by atoms with Crippen LogP contribution in [-0.2, 0) is 50.9 Å². The van der Waals surface area contributed by atoms with Crippen LogP contribution in [0.1, 0.15) is 166 Å². The number of hydrogen-bond donors (Lipinski definition) is 2. The van der Waals surface area contributed by atoms with E-state index in [-0.39, 0.29) is 50.4 Å². The maximum Gasteiger partial charge on any atom is 0.413 e. The molecule has 0 unspecified atom stereocenters. The van der Waals surface area contributed by atoms with E-state index in [0.29, 0.717) is 17.8 Å². The first-order chi connectivity index (χ1) is 36.1. The lowest BCUT2D eigenvalue weighted by atomic mass is 9.95. The molecule has 4 aromatic carbocycles. The molecule has 0 aromatic heterocycles. The van der Waals surface area contributed by atoms with Crippen LogP contribution in [0.4, 0.5) is 30.6 Å². The Morgan fingerprint density at radius 2 is 0.899 bits per heavy atom. The van der Waals surface area contributed by atoms with Gasteiger partial charge in [0.25, 0.3) is 0 Å². The lowest BCUT2D eigenvalue weighted by molar-refractivity contribution is -0.119. The van der Waals surface area contributed by atoms with Gasteiger partial charge in [0.2, 0.25) is 0 Å². The highest BCUT2D eigenvalue weighted by Gasteiger charge is 2.52. The van der Waals surface area contributed by atoms with Crippen LogP contribution >= 0.6 is 0 Å². The Labute approximate surface area is 468 Å². The van der Waals surface area contributed by atoms with Crippen LogP contribution in [0.15, 0.2) is 121 Å². The molecule has 4 amide bonds. The fraction of sp³-hybridized carbons (Fsp3) is 0.492. The quantitative estimate of drug-likeness (QED) is 0.0954. The Balaban J connectivity index is 0.000000336. The van der Waals surface area contributed by atoms with E-state index in [2.05, 4.69) is 10.6 Å². The van der Waals surface area contributed by atoms with Gasteiger partial charge in [-0.05, 0) is 170 Å². The summed E-state index contributed by atoms with van der Waals surface area (Å²) in [5.74, 6) is -0.0907. The number of Topliss-reactive ketones (excluding diaryl/α,β-unsaturated/α-hetero) is 1. The third-order valence-corrected chi connectivity index (χ3v) is 11.9. The Morgan fingerprint density at radius 3 is 1.33 bits per heavy atom. The molecule has 430 valence electrons. The summed E-state index contributed by atoms with van der Waals surface area (Å²) in [4.78, 5) is 79.7. The average Bonchev–Trinajstić information content (AvgIpc) is 3.84. The molecule has 2 N–H and O–H groups in total. The Morgan fingerprint density at radius 1 is 0.519 bits per heavy atom. The van der Waals surface area contributed by atoms with Crippen molar-refractivity contribution in [2.45, 2.75) is 202 Å². The van der Waals surface area contributed by atoms with Gasteiger partial charge in [0.05, 0.1) is 12.1 Å². The number of anilines is 2. The molecule has 2 aliphatic rings. The number of benzene rings is 4. The van der Waals surface area contributed by atoms with Crippen molar-refractivity contribution in [3.8, 4) is 0 Å². The van der Waals surface area contributed by atoms with Gasteiger partial charge in [0.1, 0.15) is 51.8 Å². The minimum atomic E-state index is -0.960. The van der Waals surface area contributed by atoms with Crippen LogP contribution in [-0.4, -0.2) is 91.7 Å². The monoisotopic (exact) mass is 1090 g/mol. The third-order valence-electron chi connectivity index (χ3n) is 11.9. The first-order valence-electron chi connectivity index (χ1n) is 26.5. The van der Waals surface area contributed by atoms with Crippen LogP contribution in [0.5, 0.6) is 0 Å². The zero-order valence-corrected chi connectivity index (χ0v) is 48.5. The molecule has 16 heteroatoms. The zero-order chi connectivity index (χ0) is 58.0. The molecule has 6 rings (SSSR count). The van der Waals surface area contributed by atoms with Gasteiger partial charge in [-0.1, -0.05) is 98.4 Å². The van der Waals surface area contributed by atoms with Crippen LogP contribution < -0.4 is 10.6 Å². The van der Waals surface area contributed by atoms with Gasteiger partial charge < -0.3 is 28.4 Å². The summed E-state index contributed by atoms with van der Waals surface area (Å²) in [6, 6.07) is 32.6. The molecular weight excluding hydrogens is 1000 g/mol. The molecule has 0 saturated carbocycles. The highest BCUT2D eigenvalue weighted by molar-refractivity contribution is 5.92. The number of nitrogens with one attached hydrogen (secondary N) is 2. The third kappa shape index (κ3) is 20.3. The number of ether oxygens (including phenoxy) is 6. The lowest BCUT2D eigenvalue weighted by Gasteiger charge is -2.35. The van der Waals surface area contributed by atoms with Gasteiger partial charge >= 0.3 is 24.4 Å². The fourth-order valence-electron chi connectivity index (χ4n) is 8.89. The van der Waals surface area contributed by atoms with Crippen molar-refractivity contribution in [2.75, 3.05) is 10.6 Å². The molecule has 0 bridgehead atoms. The van der Waals surface area contributed by atoms with Crippen molar-refractivity contribution in [2.24, 2.45) is 0 Å². The number of allylic oxidation sites excluding steroid dienone is 1. The van der Waals surface area contributed by atoms with Gasteiger partial charge in [0, 0.05) is 30.6 Å². The van der Waals surface area contributed by atoms with Gasteiger partial charge in [0.15, 0.2) is 5.78 Å². The number of hydrogen-bond acceptors (Lipinski definition) is 12. The topological polar surface area (TPSA) is 188 Å². The molecule has 2 saturated heterocycles. The molecular formula is C63H86N4O12. The number of amides is 4. The van der Waals surface area contributed by atoms with Crippen LogP contribution in [0.2, 0.25) is 0 Å². The van der Waals surface area contributed by atoms with E-state index in [9.17, 15) is 28.8 Å². The first-order valence-corrected chi connectivity index (χ1v) is 26.5. The second-order valence-corrected chi connectivity index (χ2v) is 24.5. The maximum atomic E-state index is 13.3. The Kier molecular flexibility index (Phi) is 21.5. The van der Waals surface area contributed by atoms with E-state index in [1.165, 1.54) is 6.08 Å². The number of rotatable bonds is 13. The zero-order valence-electron chi connectivity index (χ0n) is 48.5. The highest BCUT2D eigenvalue weighted by Crippen LogP contribution is 2.45. The minimum Gasteiger partial charge on any atom is -0.444 e. The highest BCUT2D eigenvalue weighted by atomic mass is 16.6. The van der Waals surface area contributed by atoms with Crippen molar-refractivity contribution in [1.29, 1.82) is 0 Å². The molecule has 2 aliphatic heterocycles. The molecule has 79 heavy (non-hydrogen) atoms. The summed E-state index contributed by atoms with van der Waals surface area (Å²) in [6.07, 6.45) is 1.40. The van der Waals surface area contributed by atoms with Gasteiger partial charge in [-0.3, -0.25) is 30.0 Å². The number of carbonyl (C=O) groups excluding carboxylic acids is 6. The molecule has 2 heterocycles. The first kappa shape index (κ1) is 64.5. The summed E-state index contributed by atoms with van der Waals surface area (Å²) in [5.41, 5.74) is 0.210. The van der Waals surface area contributed by atoms with Gasteiger partial charge in [-0.15, -0.1) is 0 Å². The van der Waals surface area contributed by atoms with Gasteiger partial charge in [-0.25, -0.2) is 19.2 Å². The summed E-state index contributed by atoms with van der Waals surface area (Å²) >= 11 is 0.